The van der Waals surface area contributed by atoms with Crippen molar-refractivity contribution in [2.75, 3.05) is 0 Å². The van der Waals surface area contributed by atoms with Crippen LogP contribution in [0.1, 0.15) is 27.2 Å². The summed E-state index contributed by atoms with van der Waals surface area (Å²) in [5.41, 5.74) is 0.951. The summed E-state index contributed by atoms with van der Waals surface area (Å²) in [6.07, 6.45) is 6.03. The van der Waals surface area contributed by atoms with Crippen LogP contribution in [0, 0.1) is 0 Å². The second kappa shape index (κ2) is 7.19. The first-order chi connectivity index (χ1) is 13.4. The number of hydrogen-bond donors (Lipinski definition) is 0. The van der Waals surface area contributed by atoms with Crippen LogP contribution in [-0.4, -0.2) is 26.5 Å². The lowest BCUT2D eigenvalue weighted by atomic mass is 9.98. The molecule has 28 heavy (non-hydrogen) atoms. The monoisotopic (exact) mass is 390 g/mol. The summed E-state index contributed by atoms with van der Waals surface area (Å²) in [4.78, 5) is 11.6. The van der Waals surface area contributed by atoms with E-state index in [1.54, 1.807) is 6.08 Å². The minimum absolute atomic E-state index is 0.0774. The van der Waals surface area contributed by atoms with E-state index in [2.05, 4.69) is 75.4 Å². The van der Waals surface area contributed by atoms with E-state index in [0.29, 0.717) is 6.42 Å². The van der Waals surface area contributed by atoms with E-state index < -0.39 is 8.32 Å². The topological polar surface area (TPSA) is 35.5 Å². The standard InChI is InChI=1S/C24H26O3Si/c1-24(2,3)28(20-10-6-4-7-11-20,21-12-8-5-9-13-21)27-19-15-14-18-16-23(25)26-22(18)17-19/h4-16,19,22H,17H2,1-3H3/t19-,22?/m1/s1. The largest absolute Gasteiger partial charge is 0.454 e. The zero-order valence-electron chi connectivity index (χ0n) is 16.6. The minimum atomic E-state index is -2.61. The highest BCUT2D eigenvalue weighted by Crippen LogP contribution is 2.39. The Bertz CT molecular complexity index is 870. The lowest BCUT2D eigenvalue weighted by Crippen LogP contribution is -2.67. The van der Waals surface area contributed by atoms with Gasteiger partial charge in [-0.15, -0.1) is 0 Å². The number of benzene rings is 2. The molecule has 0 N–H and O–H groups in total. The van der Waals surface area contributed by atoms with Gasteiger partial charge in [0.15, 0.2) is 0 Å². The van der Waals surface area contributed by atoms with Crippen molar-refractivity contribution in [2.45, 2.75) is 44.4 Å². The van der Waals surface area contributed by atoms with E-state index in [0.717, 1.165) is 5.57 Å². The third-order valence-electron chi connectivity index (χ3n) is 5.61. The van der Waals surface area contributed by atoms with Crippen LogP contribution in [0.5, 0.6) is 0 Å². The van der Waals surface area contributed by atoms with Gasteiger partial charge in [-0.2, -0.15) is 0 Å². The number of esters is 1. The van der Waals surface area contributed by atoms with Crippen molar-refractivity contribution in [3.63, 3.8) is 0 Å². The van der Waals surface area contributed by atoms with Crippen LogP contribution in [0.25, 0.3) is 0 Å². The third kappa shape index (κ3) is 3.27. The predicted octanol–water partition coefficient (Wildman–Crippen LogP) is 3.74. The number of carbonyl (C=O) groups is 1. The molecule has 0 saturated heterocycles. The summed E-state index contributed by atoms with van der Waals surface area (Å²) in [6, 6.07) is 21.2. The van der Waals surface area contributed by atoms with Gasteiger partial charge in [-0.1, -0.05) is 93.6 Å². The zero-order valence-corrected chi connectivity index (χ0v) is 17.6. The Balaban J connectivity index is 1.79. The molecule has 0 bridgehead atoms. The number of rotatable bonds is 4. The smallest absolute Gasteiger partial charge is 0.331 e. The van der Waals surface area contributed by atoms with Gasteiger partial charge in [0, 0.05) is 12.5 Å². The fourth-order valence-corrected chi connectivity index (χ4v) is 8.97. The van der Waals surface area contributed by atoms with E-state index in [4.69, 9.17) is 9.16 Å². The van der Waals surface area contributed by atoms with Crippen molar-refractivity contribution < 1.29 is 14.0 Å². The molecule has 0 spiro atoms. The molecule has 2 aromatic rings. The normalized spacial score (nSPS) is 21.8. The average molecular weight is 391 g/mol. The van der Waals surface area contributed by atoms with Crippen molar-refractivity contribution in [1.29, 1.82) is 0 Å². The molecule has 3 nitrogen and oxygen atoms in total. The second-order valence-electron chi connectivity index (χ2n) is 8.48. The van der Waals surface area contributed by atoms with Crippen molar-refractivity contribution in [1.82, 2.24) is 0 Å². The number of fused-ring (bicyclic) bond motifs is 1. The van der Waals surface area contributed by atoms with Gasteiger partial charge in [0.1, 0.15) is 6.10 Å². The quantitative estimate of drug-likeness (QED) is 0.589. The Morgan fingerprint density at radius 1 is 0.964 bits per heavy atom. The summed E-state index contributed by atoms with van der Waals surface area (Å²) < 4.78 is 12.6. The zero-order chi connectivity index (χ0) is 19.8. The summed E-state index contributed by atoms with van der Waals surface area (Å²) in [6.45, 7) is 6.81. The fourth-order valence-electron chi connectivity index (χ4n) is 4.32. The minimum Gasteiger partial charge on any atom is -0.454 e. The van der Waals surface area contributed by atoms with Gasteiger partial charge in [-0.3, -0.25) is 0 Å². The van der Waals surface area contributed by atoms with Crippen LogP contribution in [0.15, 0.2) is 84.5 Å². The highest BCUT2D eigenvalue weighted by atomic mass is 28.4. The SMILES string of the molecule is CC(C)(C)[Si](O[C@@H]1C=CC2=CC(=O)OC2C1)(c1ccccc1)c1ccccc1. The number of ether oxygens (including phenoxy) is 1. The summed E-state index contributed by atoms with van der Waals surface area (Å²) >= 11 is 0. The third-order valence-corrected chi connectivity index (χ3v) is 10.7. The molecule has 0 radical (unpaired) electrons. The first-order valence-electron chi connectivity index (χ1n) is 9.79. The van der Waals surface area contributed by atoms with Gasteiger partial charge in [0.2, 0.25) is 0 Å². The molecular formula is C24H26O3Si. The van der Waals surface area contributed by atoms with Crippen LogP contribution < -0.4 is 10.4 Å². The number of hydrogen-bond acceptors (Lipinski definition) is 3. The highest BCUT2D eigenvalue weighted by Gasteiger charge is 2.51. The molecule has 1 heterocycles. The molecule has 0 amide bonds. The van der Waals surface area contributed by atoms with E-state index in [-0.39, 0.29) is 23.2 Å². The maximum Gasteiger partial charge on any atom is 0.331 e. The summed E-state index contributed by atoms with van der Waals surface area (Å²) in [5, 5.41) is 2.44. The van der Waals surface area contributed by atoms with Crippen molar-refractivity contribution in [2.24, 2.45) is 0 Å². The first-order valence-corrected chi connectivity index (χ1v) is 11.7. The van der Waals surface area contributed by atoms with Crippen LogP contribution in [0.4, 0.5) is 0 Å². The van der Waals surface area contributed by atoms with Crippen LogP contribution in [0.3, 0.4) is 0 Å². The van der Waals surface area contributed by atoms with Gasteiger partial charge < -0.3 is 9.16 Å². The Morgan fingerprint density at radius 3 is 2.07 bits per heavy atom. The second-order valence-corrected chi connectivity index (χ2v) is 12.7. The molecule has 144 valence electrons. The van der Waals surface area contributed by atoms with Crippen LogP contribution in [-0.2, 0) is 14.0 Å². The van der Waals surface area contributed by atoms with E-state index in [1.165, 1.54) is 10.4 Å². The van der Waals surface area contributed by atoms with Gasteiger partial charge in [-0.05, 0) is 21.0 Å². The molecule has 0 saturated carbocycles. The fraction of sp³-hybridized carbons (Fsp3) is 0.292. The average Bonchev–Trinajstić information content (AvgIpc) is 3.06. The van der Waals surface area contributed by atoms with Gasteiger partial charge in [0.25, 0.3) is 8.32 Å². The first kappa shape index (κ1) is 18.9. The van der Waals surface area contributed by atoms with E-state index in [1.807, 2.05) is 18.2 Å². The molecule has 4 rings (SSSR count). The lowest BCUT2D eigenvalue weighted by Gasteiger charge is -2.45. The Morgan fingerprint density at radius 2 is 1.54 bits per heavy atom. The molecule has 1 aliphatic heterocycles. The molecule has 0 fully saturated rings. The Hall–Kier alpha value is -2.43. The molecule has 4 heteroatoms. The molecule has 1 aliphatic carbocycles. The lowest BCUT2D eigenvalue weighted by molar-refractivity contribution is -0.139. The number of carbonyl (C=O) groups excluding carboxylic acids is 1. The van der Waals surface area contributed by atoms with Gasteiger partial charge >= 0.3 is 5.97 Å². The van der Waals surface area contributed by atoms with E-state index in [9.17, 15) is 4.79 Å². The van der Waals surface area contributed by atoms with Crippen LogP contribution >= 0.6 is 0 Å². The molecule has 1 unspecified atom stereocenters. The van der Waals surface area contributed by atoms with Crippen LogP contribution in [0.2, 0.25) is 5.04 Å². The summed E-state index contributed by atoms with van der Waals surface area (Å²) in [7, 11) is -2.61. The van der Waals surface area contributed by atoms with Crippen molar-refractivity contribution in [3.05, 3.63) is 84.5 Å². The summed E-state index contributed by atoms with van der Waals surface area (Å²) in [5.74, 6) is -0.254. The Labute approximate surface area is 167 Å². The van der Waals surface area contributed by atoms with Crippen molar-refractivity contribution in [3.8, 4) is 0 Å². The molecule has 0 aromatic heterocycles. The molecule has 2 aliphatic rings. The maximum atomic E-state index is 11.6. The molecular weight excluding hydrogens is 364 g/mol. The molecule has 2 atom stereocenters. The molecule has 2 aromatic carbocycles. The van der Waals surface area contributed by atoms with Gasteiger partial charge in [-0.25, -0.2) is 4.79 Å². The van der Waals surface area contributed by atoms with E-state index >= 15 is 0 Å². The van der Waals surface area contributed by atoms with Crippen molar-refractivity contribution >= 4 is 24.7 Å². The highest BCUT2D eigenvalue weighted by molar-refractivity contribution is 6.99. The Kier molecular flexibility index (Phi) is 4.85. The van der Waals surface area contributed by atoms with Gasteiger partial charge in [0.05, 0.1) is 6.10 Å². The predicted molar refractivity (Wildman–Crippen MR) is 114 cm³/mol. The maximum absolute atomic E-state index is 11.6.